The van der Waals surface area contributed by atoms with Crippen LogP contribution in [0.15, 0.2) is 0 Å². The normalized spacial score (nSPS) is 28.1. The zero-order chi connectivity index (χ0) is 13.6. The van der Waals surface area contributed by atoms with Gasteiger partial charge in [0.2, 0.25) is 5.91 Å². The van der Waals surface area contributed by atoms with Crippen molar-refractivity contribution in [2.75, 3.05) is 13.1 Å². The maximum absolute atomic E-state index is 12.6. The molecule has 4 nitrogen and oxygen atoms in total. The standard InChI is InChI=1S/C14H22N2O2/c1-12(2)9-16(10-13(3,4)18-12)11(17)14(8-15)6-5-7-14/h5-7,9-10H2,1-4H3. The summed E-state index contributed by atoms with van der Waals surface area (Å²) in [4.78, 5) is 14.4. The number of morpholine rings is 1. The zero-order valence-electron chi connectivity index (χ0n) is 11.7. The Morgan fingerprint density at radius 1 is 1.17 bits per heavy atom. The lowest BCUT2D eigenvalue weighted by Gasteiger charge is -2.49. The molecule has 0 aromatic carbocycles. The summed E-state index contributed by atoms with van der Waals surface area (Å²) in [5.41, 5.74) is -1.45. The largest absolute Gasteiger partial charge is 0.366 e. The van der Waals surface area contributed by atoms with Crippen LogP contribution in [-0.2, 0) is 9.53 Å². The summed E-state index contributed by atoms with van der Waals surface area (Å²) in [6.07, 6.45) is 2.40. The SMILES string of the molecule is CC1(C)CN(C(=O)C2(C#N)CCC2)CC(C)(C)O1. The molecule has 2 rings (SSSR count). The topological polar surface area (TPSA) is 53.3 Å². The van der Waals surface area contributed by atoms with Gasteiger partial charge in [0.1, 0.15) is 5.41 Å². The highest BCUT2D eigenvalue weighted by atomic mass is 16.5. The molecule has 1 amide bonds. The highest BCUT2D eigenvalue weighted by molar-refractivity contribution is 5.86. The summed E-state index contributed by atoms with van der Waals surface area (Å²) in [6.45, 7) is 9.11. The maximum atomic E-state index is 12.6. The van der Waals surface area contributed by atoms with Crippen molar-refractivity contribution in [1.29, 1.82) is 5.26 Å². The molecule has 1 heterocycles. The third-order valence-electron chi connectivity index (χ3n) is 3.81. The van der Waals surface area contributed by atoms with Gasteiger partial charge in [0.25, 0.3) is 0 Å². The van der Waals surface area contributed by atoms with Crippen LogP contribution in [0, 0.1) is 16.7 Å². The molecule has 0 aromatic rings. The Kier molecular flexibility index (Phi) is 2.94. The van der Waals surface area contributed by atoms with E-state index < -0.39 is 5.41 Å². The van der Waals surface area contributed by atoms with Gasteiger partial charge in [-0.2, -0.15) is 5.26 Å². The Labute approximate surface area is 109 Å². The molecule has 0 spiro atoms. The number of hydrogen-bond acceptors (Lipinski definition) is 3. The van der Waals surface area contributed by atoms with Crippen LogP contribution >= 0.6 is 0 Å². The van der Waals surface area contributed by atoms with E-state index in [0.29, 0.717) is 25.9 Å². The smallest absolute Gasteiger partial charge is 0.243 e. The van der Waals surface area contributed by atoms with E-state index in [9.17, 15) is 10.1 Å². The number of ether oxygens (including phenoxy) is 1. The van der Waals surface area contributed by atoms with Crippen LogP contribution in [-0.4, -0.2) is 35.1 Å². The number of amides is 1. The molecule has 1 aliphatic heterocycles. The molecule has 1 saturated carbocycles. The molecule has 1 aliphatic carbocycles. The Morgan fingerprint density at radius 2 is 1.67 bits per heavy atom. The van der Waals surface area contributed by atoms with Gasteiger partial charge in [-0.1, -0.05) is 0 Å². The molecular formula is C14H22N2O2. The Morgan fingerprint density at radius 3 is 2.00 bits per heavy atom. The lowest BCUT2D eigenvalue weighted by atomic mass is 9.68. The van der Waals surface area contributed by atoms with E-state index in [1.807, 2.05) is 32.6 Å². The maximum Gasteiger partial charge on any atom is 0.243 e. The molecule has 2 aliphatic rings. The quantitative estimate of drug-likeness (QED) is 0.716. The predicted octanol–water partition coefficient (Wildman–Crippen LogP) is 2.10. The van der Waals surface area contributed by atoms with Crippen LogP contribution in [0.3, 0.4) is 0 Å². The molecule has 100 valence electrons. The van der Waals surface area contributed by atoms with Gasteiger partial charge >= 0.3 is 0 Å². The second kappa shape index (κ2) is 3.96. The fraction of sp³-hybridized carbons (Fsp3) is 0.857. The van der Waals surface area contributed by atoms with Gasteiger partial charge < -0.3 is 9.64 Å². The average Bonchev–Trinajstić information content (AvgIpc) is 2.11. The predicted molar refractivity (Wildman–Crippen MR) is 67.7 cm³/mol. The van der Waals surface area contributed by atoms with Crippen molar-refractivity contribution >= 4 is 5.91 Å². The highest BCUT2D eigenvalue weighted by Crippen LogP contribution is 2.43. The van der Waals surface area contributed by atoms with Crippen molar-refractivity contribution in [3.05, 3.63) is 0 Å². The molecule has 0 atom stereocenters. The van der Waals surface area contributed by atoms with E-state index in [4.69, 9.17) is 4.74 Å². The van der Waals surface area contributed by atoms with Crippen LogP contribution < -0.4 is 0 Å². The number of carbonyl (C=O) groups is 1. The second-order valence-corrected chi connectivity index (χ2v) is 6.83. The minimum absolute atomic E-state index is 0.000648. The van der Waals surface area contributed by atoms with E-state index in [1.165, 1.54) is 0 Å². The molecule has 2 fully saturated rings. The number of nitriles is 1. The van der Waals surface area contributed by atoms with Crippen LogP contribution in [0.25, 0.3) is 0 Å². The average molecular weight is 250 g/mol. The first kappa shape index (κ1) is 13.4. The van der Waals surface area contributed by atoms with Crippen LogP contribution in [0.4, 0.5) is 0 Å². The van der Waals surface area contributed by atoms with Crippen molar-refractivity contribution in [3.8, 4) is 6.07 Å². The van der Waals surface area contributed by atoms with Crippen LogP contribution in [0.1, 0.15) is 47.0 Å². The molecule has 1 saturated heterocycles. The van der Waals surface area contributed by atoms with Crippen molar-refractivity contribution in [2.24, 2.45) is 5.41 Å². The van der Waals surface area contributed by atoms with Crippen molar-refractivity contribution < 1.29 is 9.53 Å². The van der Waals surface area contributed by atoms with Crippen molar-refractivity contribution in [2.45, 2.75) is 58.2 Å². The first-order valence-electron chi connectivity index (χ1n) is 6.61. The van der Waals surface area contributed by atoms with E-state index >= 15 is 0 Å². The summed E-state index contributed by atoms with van der Waals surface area (Å²) in [5.74, 6) is 0.000648. The lowest BCUT2D eigenvalue weighted by molar-refractivity contribution is -0.193. The monoisotopic (exact) mass is 250 g/mol. The summed E-state index contributed by atoms with van der Waals surface area (Å²) in [7, 11) is 0. The van der Waals surface area contributed by atoms with E-state index in [2.05, 4.69) is 6.07 Å². The van der Waals surface area contributed by atoms with Gasteiger partial charge in [0.05, 0.1) is 17.3 Å². The first-order valence-corrected chi connectivity index (χ1v) is 6.61. The molecule has 0 aromatic heterocycles. The summed E-state index contributed by atoms with van der Waals surface area (Å²) in [5, 5.41) is 9.27. The third-order valence-corrected chi connectivity index (χ3v) is 3.81. The Balaban J connectivity index is 2.18. The highest BCUT2D eigenvalue weighted by Gasteiger charge is 2.50. The fourth-order valence-corrected chi connectivity index (χ4v) is 3.14. The van der Waals surface area contributed by atoms with Crippen molar-refractivity contribution in [1.82, 2.24) is 4.90 Å². The summed E-state index contributed by atoms with van der Waals surface area (Å²) < 4.78 is 5.96. The molecule has 18 heavy (non-hydrogen) atoms. The third kappa shape index (κ3) is 2.24. The number of hydrogen-bond donors (Lipinski definition) is 0. The van der Waals surface area contributed by atoms with Crippen molar-refractivity contribution in [3.63, 3.8) is 0 Å². The molecule has 0 N–H and O–H groups in total. The van der Waals surface area contributed by atoms with Gasteiger partial charge in [0.15, 0.2) is 0 Å². The number of carbonyl (C=O) groups excluding carboxylic acids is 1. The van der Waals surface area contributed by atoms with Gasteiger partial charge in [0, 0.05) is 13.1 Å². The van der Waals surface area contributed by atoms with Gasteiger partial charge in [-0.15, -0.1) is 0 Å². The Hall–Kier alpha value is -1.08. The lowest BCUT2D eigenvalue weighted by Crippen LogP contribution is -2.61. The van der Waals surface area contributed by atoms with E-state index in [-0.39, 0.29) is 17.1 Å². The molecule has 0 unspecified atom stereocenters. The van der Waals surface area contributed by atoms with Gasteiger partial charge in [-0.05, 0) is 47.0 Å². The van der Waals surface area contributed by atoms with Gasteiger partial charge in [-0.3, -0.25) is 4.79 Å². The number of rotatable bonds is 1. The molecule has 4 heteroatoms. The van der Waals surface area contributed by atoms with E-state index in [0.717, 1.165) is 6.42 Å². The zero-order valence-corrected chi connectivity index (χ0v) is 11.7. The minimum Gasteiger partial charge on any atom is -0.366 e. The Bertz CT molecular complexity index is 387. The fourth-order valence-electron chi connectivity index (χ4n) is 3.14. The van der Waals surface area contributed by atoms with Crippen LogP contribution in [0.5, 0.6) is 0 Å². The number of nitrogens with zero attached hydrogens (tertiary/aromatic N) is 2. The summed E-state index contributed by atoms with van der Waals surface area (Å²) >= 11 is 0. The first-order chi connectivity index (χ1) is 8.20. The van der Waals surface area contributed by atoms with Crippen LogP contribution in [0.2, 0.25) is 0 Å². The molecule has 0 bridgehead atoms. The molecule has 0 radical (unpaired) electrons. The second-order valence-electron chi connectivity index (χ2n) is 6.83. The molecular weight excluding hydrogens is 228 g/mol. The van der Waals surface area contributed by atoms with E-state index in [1.54, 1.807) is 0 Å². The summed E-state index contributed by atoms with van der Waals surface area (Å²) in [6, 6.07) is 2.23. The van der Waals surface area contributed by atoms with Gasteiger partial charge in [-0.25, -0.2) is 0 Å². The minimum atomic E-state index is -0.747.